The number of aryl methyl sites for hydroxylation is 1. The van der Waals surface area contributed by atoms with Gasteiger partial charge in [-0.05, 0) is 25.8 Å². The zero-order valence-corrected chi connectivity index (χ0v) is 11.1. The van der Waals surface area contributed by atoms with E-state index in [2.05, 4.69) is 19.5 Å². The van der Waals surface area contributed by atoms with E-state index >= 15 is 0 Å². The van der Waals surface area contributed by atoms with Gasteiger partial charge in [-0.1, -0.05) is 6.42 Å². The summed E-state index contributed by atoms with van der Waals surface area (Å²) < 4.78 is 41.4. The van der Waals surface area contributed by atoms with Crippen molar-refractivity contribution in [3.63, 3.8) is 0 Å². The Bertz CT molecular complexity index is 418. The molecule has 1 heterocycles. The first kappa shape index (κ1) is 15.2. The molecule has 1 fully saturated rings. The molecule has 0 aromatic carbocycles. The maximum atomic E-state index is 12.3. The molecule has 1 aromatic heterocycles. The predicted molar refractivity (Wildman–Crippen MR) is 63.9 cm³/mol. The van der Waals surface area contributed by atoms with Gasteiger partial charge in [0.1, 0.15) is 0 Å². The molecule has 1 N–H and O–H groups in total. The molecule has 114 valence electrons. The quantitative estimate of drug-likeness (QED) is 0.831. The van der Waals surface area contributed by atoms with E-state index in [1.54, 1.807) is 0 Å². The van der Waals surface area contributed by atoms with Crippen LogP contribution in [0.2, 0.25) is 0 Å². The summed E-state index contributed by atoms with van der Waals surface area (Å²) in [5.74, 6) is -1.28. The summed E-state index contributed by atoms with van der Waals surface area (Å²) in [4.78, 5) is 2.17. The van der Waals surface area contributed by atoms with Crippen molar-refractivity contribution < 1.29 is 22.7 Å². The average Bonchev–Trinajstić information content (AvgIpc) is 2.75. The van der Waals surface area contributed by atoms with Gasteiger partial charge in [-0.2, -0.15) is 13.2 Å². The van der Waals surface area contributed by atoms with Crippen molar-refractivity contribution in [2.24, 2.45) is 0 Å². The molecule has 2 rings (SSSR count). The summed E-state index contributed by atoms with van der Waals surface area (Å²) in [6.07, 6.45) is -0.184. The van der Waals surface area contributed by atoms with E-state index in [0.29, 0.717) is 25.4 Å². The Hall–Kier alpha value is -1.15. The molecule has 1 aromatic rings. The topological polar surface area (TPSA) is 62.4 Å². The van der Waals surface area contributed by atoms with Crippen LogP contribution in [-0.2, 0) is 12.6 Å². The minimum Gasteiger partial charge on any atom is -0.417 e. The lowest BCUT2D eigenvalue weighted by Gasteiger charge is -2.37. The molecule has 0 saturated heterocycles. The fraction of sp³-hybridized carbons (Fsp3) is 0.833. The van der Waals surface area contributed by atoms with Crippen LogP contribution < -0.4 is 0 Å². The lowest BCUT2D eigenvalue weighted by Crippen LogP contribution is -2.42. The van der Waals surface area contributed by atoms with E-state index in [1.165, 1.54) is 6.42 Å². The van der Waals surface area contributed by atoms with Crippen molar-refractivity contribution in [1.29, 1.82) is 0 Å². The van der Waals surface area contributed by atoms with Crippen molar-refractivity contribution in [1.82, 2.24) is 15.1 Å². The molecule has 0 atom stereocenters. The Morgan fingerprint density at radius 3 is 2.50 bits per heavy atom. The van der Waals surface area contributed by atoms with Crippen LogP contribution in [0.5, 0.6) is 0 Å². The third kappa shape index (κ3) is 3.92. The van der Waals surface area contributed by atoms with Crippen LogP contribution in [0.25, 0.3) is 0 Å². The number of rotatable bonds is 7. The number of aliphatic hydroxyl groups is 1. The Labute approximate surface area is 114 Å². The van der Waals surface area contributed by atoms with Gasteiger partial charge >= 0.3 is 12.1 Å². The molecular formula is C12H18F3N3O2. The van der Waals surface area contributed by atoms with Gasteiger partial charge in [-0.3, -0.25) is 4.90 Å². The van der Waals surface area contributed by atoms with Gasteiger partial charge in [-0.25, -0.2) is 0 Å². The maximum absolute atomic E-state index is 12.3. The molecule has 0 radical (unpaired) electrons. The highest BCUT2D eigenvalue weighted by Gasteiger charge is 2.38. The van der Waals surface area contributed by atoms with Crippen molar-refractivity contribution >= 4 is 0 Å². The maximum Gasteiger partial charge on any atom is 0.470 e. The van der Waals surface area contributed by atoms with Crippen LogP contribution in [0.1, 0.15) is 37.5 Å². The molecular weight excluding hydrogens is 275 g/mol. The van der Waals surface area contributed by atoms with E-state index in [1.807, 2.05) is 0 Å². The van der Waals surface area contributed by atoms with Crippen molar-refractivity contribution in [2.45, 2.75) is 44.3 Å². The van der Waals surface area contributed by atoms with Crippen LogP contribution in [-0.4, -0.2) is 45.9 Å². The average molecular weight is 293 g/mol. The molecule has 0 amide bonds. The first-order valence-corrected chi connectivity index (χ1v) is 6.75. The fourth-order valence-electron chi connectivity index (χ4n) is 2.26. The van der Waals surface area contributed by atoms with Crippen LogP contribution in [0, 0.1) is 0 Å². The Balaban J connectivity index is 1.78. The number of alkyl halides is 3. The smallest absolute Gasteiger partial charge is 0.417 e. The molecule has 8 heteroatoms. The van der Waals surface area contributed by atoms with E-state index in [9.17, 15) is 13.2 Å². The van der Waals surface area contributed by atoms with Crippen LogP contribution in [0.15, 0.2) is 4.42 Å². The van der Waals surface area contributed by atoms with Gasteiger partial charge in [0.2, 0.25) is 5.89 Å². The third-order valence-corrected chi connectivity index (χ3v) is 3.52. The van der Waals surface area contributed by atoms with E-state index < -0.39 is 12.1 Å². The number of aliphatic hydroxyl groups excluding tert-OH is 1. The number of hydrogen-bond acceptors (Lipinski definition) is 5. The molecule has 1 aliphatic carbocycles. The van der Waals surface area contributed by atoms with Gasteiger partial charge in [0.25, 0.3) is 0 Å². The molecule has 20 heavy (non-hydrogen) atoms. The summed E-state index contributed by atoms with van der Waals surface area (Å²) in [5, 5.41) is 15.4. The summed E-state index contributed by atoms with van der Waals surface area (Å²) in [6.45, 7) is 1.41. The third-order valence-electron chi connectivity index (χ3n) is 3.52. The lowest BCUT2D eigenvalue weighted by molar-refractivity contribution is -0.157. The molecule has 1 saturated carbocycles. The summed E-state index contributed by atoms with van der Waals surface area (Å²) in [5.41, 5.74) is 0. The monoisotopic (exact) mass is 293 g/mol. The zero-order chi connectivity index (χ0) is 14.6. The molecule has 0 aliphatic heterocycles. The Kier molecular flexibility index (Phi) is 4.98. The largest absolute Gasteiger partial charge is 0.470 e. The number of hydrogen-bond donors (Lipinski definition) is 1. The van der Waals surface area contributed by atoms with Gasteiger partial charge in [0.15, 0.2) is 0 Å². The number of aromatic nitrogens is 2. The standard InChI is InChI=1S/C12H18F3N3O2/c13-12(14,15)11-17-16-10(20-11)5-2-6-18(7-8-19)9-3-1-4-9/h9,19H,1-8H2. The molecule has 1 aliphatic rings. The van der Waals surface area contributed by atoms with Crippen molar-refractivity contribution in [2.75, 3.05) is 19.7 Å². The predicted octanol–water partition coefficient (Wildman–Crippen LogP) is 1.87. The second-order valence-corrected chi connectivity index (χ2v) is 4.95. The first-order valence-electron chi connectivity index (χ1n) is 6.75. The minimum atomic E-state index is -4.58. The van der Waals surface area contributed by atoms with E-state index in [4.69, 9.17) is 5.11 Å². The minimum absolute atomic E-state index is 0.00915. The lowest BCUT2D eigenvalue weighted by atomic mass is 9.91. The van der Waals surface area contributed by atoms with Gasteiger partial charge < -0.3 is 9.52 Å². The molecule has 0 unspecified atom stereocenters. The number of nitrogens with zero attached hydrogens (tertiary/aromatic N) is 3. The van der Waals surface area contributed by atoms with Crippen LogP contribution in [0.3, 0.4) is 0 Å². The van der Waals surface area contributed by atoms with Gasteiger partial charge in [-0.15, -0.1) is 10.2 Å². The Morgan fingerprint density at radius 2 is 2.00 bits per heavy atom. The summed E-state index contributed by atoms with van der Waals surface area (Å²) >= 11 is 0. The first-order chi connectivity index (χ1) is 9.50. The van der Waals surface area contributed by atoms with Crippen molar-refractivity contribution in [3.05, 3.63) is 11.8 Å². The Morgan fingerprint density at radius 1 is 1.25 bits per heavy atom. The summed E-state index contributed by atoms with van der Waals surface area (Å²) in [6, 6.07) is 0.496. The normalized spacial score (nSPS) is 16.6. The summed E-state index contributed by atoms with van der Waals surface area (Å²) in [7, 11) is 0. The number of halogens is 3. The van der Waals surface area contributed by atoms with E-state index in [-0.39, 0.29) is 12.5 Å². The van der Waals surface area contributed by atoms with Crippen LogP contribution in [0.4, 0.5) is 13.2 Å². The highest BCUT2D eigenvalue weighted by atomic mass is 19.4. The second kappa shape index (κ2) is 6.53. The van der Waals surface area contributed by atoms with E-state index in [0.717, 1.165) is 19.4 Å². The molecule has 0 bridgehead atoms. The van der Waals surface area contributed by atoms with Gasteiger partial charge in [0.05, 0.1) is 6.61 Å². The van der Waals surface area contributed by atoms with Gasteiger partial charge in [0, 0.05) is 19.0 Å². The SMILES string of the molecule is OCCN(CCCc1nnc(C(F)(F)F)o1)C1CCC1. The fourth-order valence-corrected chi connectivity index (χ4v) is 2.26. The van der Waals surface area contributed by atoms with Crippen molar-refractivity contribution in [3.8, 4) is 0 Å². The highest BCUT2D eigenvalue weighted by molar-refractivity contribution is 4.87. The highest BCUT2D eigenvalue weighted by Crippen LogP contribution is 2.28. The zero-order valence-electron chi connectivity index (χ0n) is 11.1. The molecule has 0 spiro atoms. The molecule has 5 nitrogen and oxygen atoms in total. The van der Waals surface area contributed by atoms with Crippen LogP contribution >= 0.6 is 0 Å². The second-order valence-electron chi connectivity index (χ2n) is 4.95.